The predicted octanol–water partition coefficient (Wildman–Crippen LogP) is 2.04. The lowest BCUT2D eigenvalue weighted by molar-refractivity contribution is -0.126. The molecule has 0 spiro atoms. The highest BCUT2D eigenvalue weighted by Crippen LogP contribution is 2.26. The molecule has 1 aliphatic rings. The summed E-state index contributed by atoms with van der Waals surface area (Å²) in [7, 11) is 1.57. The van der Waals surface area contributed by atoms with Gasteiger partial charge in [-0.1, -0.05) is 6.07 Å². The van der Waals surface area contributed by atoms with Crippen molar-refractivity contribution in [3.8, 4) is 5.75 Å². The summed E-state index contributed by atoms with van der Waals surface area (Å²) in [4.78, 5) is 38.3. The van der Waals surface area contributed by atoms with E-state index in [0.717, 1.165) is 0 Å². The third-order valence-electron chi connectivity index (χ3n) is 5.02. The molecule has 1 saturated heterocycles. The zero-order valence-electron chi connectivity index (χ0n) is 16.9. The van der Waals surface area contributed by atoms with E-state index in [4.69, 9.17) is 4.74 Å². The van der Waals surface area contributed by atoms with Gasteiger partial charge in [-0.2, -0.15) is 0 Å². The quantitative estimate of drug-likeness (QED) is 0.680. The number of anilines is 1. The second-order valence-electron chi connectivity index (χ2n) is 7.11. The van der Waals surface area contributed by atoms with Gasteiger partial charge in [-0.05, 0) is 48.9 Å². The summed E-state index contributed by atoms with van der Waals surface area (Å²) in [6, 6.07) is 11.3. The van der Waals surface area contributed by atoms with Crippen molar-refractivity contribution < 1.29 is 23.5 Å². The first-order valence-electron chi connectivity index (χ1n) is 9.65. The lowest BCUT2D eigenvalue weighted by Crippen LogP contribution is -2.38. The number of rotatable bonds is 7. The van der Waals surface area contributed by atoms with E-state index >= 15 is 0 Å². The largest absolute Gasteiger partial charge is 0.497 e. The second kappa shape index (κ2) is 9.39. The minimum atomic E-state index is -0.457. The van der Waals surface area contributed by atoms with Crippen molar-refractivity contribution in [1.82, 2.24) is 10.6 Å². The van der Waals surface area contributed by atoms with Gasteiger partial charge in [0.15, 0.2) is 0 Å². The highest BCUT2D eigenvalue weighted by molar-refractivity contribution is 6.00. The number of halogens is 1. The molecule has 1 heterocycles. The third kappa shape index (κ3) is 4.94. The van der Waals surface area contributed by atoms with E-state index in [9.17, 15) is 18.8 Å². The van der Waals surface area contributed by atoms with Crippen LogP contribution in [0.1, 0.15) is 22.3 Å². The maximum absolute atomic E-state index is 13.6. The fourth-order valence-electron chi connectivity index (χ4n) is 3.24. The molecule has 0 bridgehead atoms. The van der Waals surface area contributed by atoms with Crippen molar-refractivity contribution in [2.45, 2.75) is 13.3 Å². The number of carbonyl (C=O) groups is 3. The van der Waals surface area contributed by atoms with Crippen LogP contribution in [-0.2, 0) is 9.59 Å². The number of nitrogens with zero attached hydrogens (tertiary/aromatic N) is 1. The summed E-state index contributed by atoms with van der Waals surface area (Å²) in [5.41, 5.74) is 1.41. The van der Waals surface area contributed by atoms with Crippen molar-refractivity contribution in [3.05, 3.63) is 59.4 Å². The Morgan fingerprint density at radius 3 is 2.50 bits per heavy atom. The van der Waals surface area contributed by atoms with E-state index in [1.54, 1.807) is 49.3 Å². The van der Waals surface area contributed by atoms with Crippen LogP contribution in [0.4, 0.5) is 10.1 Å². The van der Waals surface area contributed by atoms with Crippen LogP contribution >= 0.6 is 0 Å². The molecule has 3 rings (SSSR count). The minimum Gasteiger partial charge on any atom is -0.497 e. The molecule has 8 heteroatoms. The van der Waals surface area contributed by atoms with Crippen LogP contribution in [0.3, 0.4) is 0 Å². The number of amides is 3. The van der Waals surface area contributed by atoms with Gasteiger partial charge < -0.3 is 20.3 Å². The van der Waals surface area contributed by atoms with Gasteiger partial charge in [0.1, 0.15) is 11.6 Å². The average Bonchev–Trinajstić information content (AvgIpc) is 3.14. The van der Waals surface area contributed by atoms with Gasteiger partial charge in [0.05, 0.1) is 13.0 Å². The molecule has 0 aromatic heterocycles. The molecule has 1 fully saturated rings. The zero-order valence-corrected chi connectivity index (χ0v) is 16.9. The van der Waals surface area contributed by atoms with Gasteiger partial charge in [-0.25, -0.2) is 4.39 Å². The Kier molecular flexibility index (Phi) is 6.66. The van der Waals surface area contributed by atoms with Gasteiger partial charge in [0.25, 0.3) is 5.91 Å². The van der Waals surface area contributed by atoms with Crippen LogP contribution in [0.25, 0.3) is 0 Å². The molecule has 1 atom stereocenters. The lowest BCUT2D eigenvalue weighted by Gasteiger charge is -2.17. The highest BCUT2D eigenvalue weighted by atomic mass is 19.1. The summed E-state index contributed by atoms with van der Waals surface area (Å²) >= 11 is 0. The van der Waals surface area contributed by atoms with Crippen molar-refractivity contribution in [2.24, 2.45) is 5.92 Å². The van der Waals surface area contributed by atoms with Gasteiger partial charge >= 0.3 is 0 Å². The highest BCUT2D eigenvalue weighted by Gasteiger charge is 2.34. The summed E-state index contributed by atoms with van der Waals surface area (Å²) in [6.45, 7) is 2.33. The van der Waals surface area contributed by atoms with Gasteiger partial charge in [-0.3, -0.25) is 14.4 Å². The molecule has 7 nitrogen and oxygen atoms in total. The second-order valence-corrected chi connectivity index (χ2v) is 7.11. The van der Waals surface area contributed by atoms with Crippen LogP contribution in [-0.4, -0.2) is 44.5 Å². The van der Waals surface area contributed by atoms with Gasteiger partial charge in [-0.15, -0.1) is 0 Å². The molecule has 2 aromatic rings. The van der Waals surface area contributed by atoms with Crippen LogP contribution in [0.2, 0.25) is 0 Å². The molecule has 158 valence electrons. The molecular weight excluding hydrogens is 389 g/mol. The number of hydrogen-bond donors (Lipinski definition) is 2. The Balaban J connectivity index is 1.45. The zero-order chi connectivity index (χ0) is 21.7. The fourth-order valence-corrected chi connectivity index (χ4v) is 3.24. The third-order valence-corrected chi connectivity index (χ3v) is 5.02. The summed E-state index contributed by atoms with van der Waals surface area (Å²) in [5, 5.41) is 5.37. The normalized spacial score (nSPS) is 15.8. The molecular formula is C22H24FN3O4. The number of aryl methyl sites for hydroxylation is 1. The Labute approximate surface area is 174 Å². The first kappa shape index (κ1) is 21.3. The molecule has 30 heavy (non-hydrogen) atoms. The molecule has 0 saturated carbocycles. The van der Waals surface area contributed by atoms with Crippen molar-refractivity contribution in [3.63, 3.8) is 0 Å². The number of benzene rings is 2. The number of ether oxygens (including phenoxy) is 1. The molecule has 2 N–H and O–H groups in total. The summed E-state index contributed by atoms with van der Waals surface area (Å²) in [5.74, 6) is -0.977. The first-order valence-corrected chi connectivity index (χ1v) is 9.65. The van der Waals surface area contributed by atoms with E-state index < -0.39 is 17.6 Å². The van der Waals surface area contributed by atoms with E-state index in [1.807, 2.05) is 0 Å². The number of carbonyl (C=O) groups excluding carboxylic acids is 3. The lowest BCUT2D eigenvalue weighted by atomic mass is 10.1. The molecule has 3 amide bonds. The molecule has 0 radical (unpaired) electrons. The summed E-state index contributed by atoms with van der Waals surface area (Å²) < 4.78 is 18.7. The van der Waals surface area contributed by atoms with Crippen molar-refractivity contribution >= 4 is 23.4 Å². The fraction of sp³-hybridized carbons (Fsp3) is 0.318. The van der Waals surface area contributed by atoms with Crippen LogP contribution in [0, 0.1) is 18.7 Å². The predicted molar refractivity (Wildman–Crippen MR) is 110 cm³/mol. The summed E-state index contributed by atoms with van der Waals surface area (Å²) in [6.07, 6.45) is 0.132. The number of methoxy groups -OCH3 is 1. The van der Waals surface area contributed by atoms with Gasteiger partial charge in [0.2, 0.25) is 11.8 Å². The molecule has 2 aromatic carbocycles. The van der Waals surface area contributed by atoms with E-state index in [-0.39, 0.29) is 36.9 Å². The first-order chi connectivity index (χ1) is 14.4. The Morgan fingerprint density at radius 2 is 1.83 bits per heavy atom. The molecule has 1 aliphatic heterocycles. The topological polar surface area (TPSA) is 87.7 Å². The average molecular weight is 413 g/mol. The molecule has 0 aliphatic carbocycles. The Hall–Kier alpha value is -3.42. The monoisotopic (exact) mass is 413 g/mol. The van der Waals surface area contributed by atoms with E-state index in [0.29, 0.717) is 23.5 Å². The molecule has 1 unspecified atom stereocenters. The van der Waals surface area contributed by atoms with Crippen LogP contribution in [0.5, 0.6) is 5.75 Å². The number of hydrogen-bond acceptors (Lipinski definition) is 4. The van der Waals surface area contributed by atoms with Crippen molar-refractivity contribution in [2.75, 3.05) is 31.6 Å². The maximum atomic E-state index is 13.6. The van der Waals surface area contributed by atoms with Crippen LogP contribution < -0.4 is 20.3 Å². The Bertz CT molecular complexity index is 946. The van der Waals surface area contributed by atoms with E-state index in [1.165, 1.54) is 12.1 Å². The standard InChI is InChI=1S/C22H24FN3O4/c1-14-3-4-15(11-19(14)23)21(28)24-9-10-25-22(29)16-12-20(27)26(13-16)17-5-7-18(30-2)8-6-17/h3-8,11,16H,9-10,12-13H2,1-2H3,(H,24,28)(H,25,29). The SMILES string of the molecule is COc1ccc(N2CC(C(=O)NCCNC(=O)c3ccc(C)c(F)c3)CC2=O)cc1. The van der Waals surface area contributed by atoms with Crippen LogP contribution in [0.15, 0.2) is 42.5 Å². The smallest absolute Gasteiger partial charge is 0.251 e. The number of nitrogens with one attached hydrogen (secondary N) is 2. The van der Waals surface area contributed by atoms with Gasteiger partial charge in [0, 0.05) is 37.3 Å². The van der Waals surface area contributed by atoms with Crippen molar-refractivity contribution in [1.29, 1.82) is 0 Å². The van der Waals surface area contributed by atoms with E-state index in [2.05, 4.69) is 10.6 Å². The maximum Gasteiger partial charge on any atom is 0.251 e. The Morgan fingerprint density at radius 1 is 1.13 bits per heavy atom. The minimum absolute atomic E-state index is 0.116.